The number of ether oxygens (including phenoxy) is 1. The first kappa shape index (κ1) is 15.9. The second kappa shape index (κ2) is 6.71. The van der Waals surface area contributed by atoms with Gasteiger partial charge >= 0.3 is 0 Å². The molecule has 1 aromatic rings. The van der Waals surface area contributed by atoms with Crippen LogP contribution in [0.25, 0.3) is 0 Å². The van der Waals surface area contributed by atoms with Crippen LogP contribution in [0.15, 0.2) is 24.5 Å². The zero-order chi connectivity index (χ0) is 16.5. The first-order valence-corrected chi connectivity index (χ1v) is 9.24. The van der Waals surface area contributed by atoms with E-state index < -0.39 is 0 Å². The fourth-order valence-corrected chi connectivity index (χ4v) is 4.65. The number of rotatable bonds is 3. The smallest absolute Gasteiger partial charge is 0.225 e. The highest BCUT2D eigenvalue weighted by atomic mass is 16.5. The number of likely N-dealkylation sites (tertiary alicyclic amines) is 2. The topological polar surface area (TPSA) is 45.7 Å². The van der Waals surface area contributed by atoms with Gasteiger partial charge in [0.15, 0.2) is 0 Å². The molecule has 3 heterocycles. The summed E-state index contributed by atoms with van der Waals surface area (Å²) in [6.45, 7) is 3.90. The van der Waals surface area contributed by atoms with Crippen molar-refractivity contribution in [3.05, 3.63) is 24.5 Å². The fourth-order valence-electron chi connectivity index (χ4n) is 4.65. The van der Waals surface area contributed by atoms with Gasteiger partial charge in [-0.2, -0.15) is 0 Å². The van der Waals surface area contributed by atoms with Crippen LogP contribution in [0.3, 0.4) is 0 Å². The van der Waals surface area contributed by atoms with Crippen LogP contribution < -0.4 is 4.74 Å². The molecular weight excluding hydrogens is 302 g/mol. The average Bonchev–Trinajstić information content (AvgIpc) is 3.18. The van der Waals surface area contributed by atoms with Crippen molar-refractivity contribution in [1.82, 2.24) is 14.8 Å². The molecular formula is C19H27N3O2. The number of carbonyl (C=O) groups is 1. The summed E-state index contributed by atoms with van der Waals surface area (Å²) in [4.78, 5) is 21.4. The molecule has 0 aromatic carbocycles. The molecule has 3 fully saturated rings. The molecule has 0 radical (unpaired) electrons. The van der Waals surface area contributed by atoms with Gasteiger partial charge in [-0.1, -0.05) is 0 Å². The Morgan fingerprint density at radius 2 is 2.04 bits per heavy atom. The Kier molecular flexibility index (Phi) is 4.44. The number of carbonyl (C=O) groups excluding carboxylic acids is 1. The maximum Gasteiger partial charge on any atom is 0.225 e. The summed E-state index contributed by atoms with van der Waals surface area (Å²) in [7, 11) is 2.14. The first-order chi connectivity index (χ1) is 11.7. The van der Waals surface area contributed by atoms with Crippen molar-refractivity contribution < 1.29 is 9.53 Å². The van der Waals surface area contributed by atoms with Gasteiger partial charge in [0.25, 0.3) is 0 Å². The molecule has 1 aromatic heterocycles. The van der Waals surface area contributed by atoms with E-state index in [1.165, 1.54) is 6.42 Å². The van der Waals surface area contributed by atoms with Crippen LogP contribution in [0.4, 0.5) is 0 Å². The SMILES string of the molecule is CN1CCC(C(=O)N2C[C@H]3CC[C@@H](Oc4cccnc4)[C@H]3C2)CC1. The normalized spacial score (nSPS) is 31.2. The van der Waals surface area contributed by atoms with E-state index in [2.05, 4.69) is 21.8 Å². The highest BCUT2D eigenvalue weighted by molar-refractivity contribution is 5.79. The fraction of sp³-hybridized carbons (Fsp3) is 0.684. The molecule has 0 N–H and O–H groups in total. The number of hydrogen-bond acceptors (Lipinski definition) is 4. The second-order valence-corrected chi connectivity index (χ2v) is 7.67. The molecule has 2 aliphatic heterocycles. The lowest BCUT2D eigenvalue weighted by Gasteiger charge is -2.31. The Hall–Kier alpha value is -1.62. The van der Waals surface area contributed by atoms with E-state index >= 15 is 0 Å². The molecule has 1 aliphatic carbocycles. The Balaban J connectivity index is 1.36. The zero-order valence-electron chi connectivity index (χ0n) is 14.4. The molecule has 1 saturated carbocycles. The first-order valence-electron chi connectivity index (χ1n) is 9.24. The second-order valence-electron chi connectivity index (χ2n) is 7.67. The highest BCUT2D eigenvalue weighted by Crippen LogP contribution is 2.40. The van der Waals surface area contributed by atoms with Gasteiger partial charge in [-0.3, -0.25) is 9.78 Å². The van der Waals surface area contributed by atoms with Crippen molar-refractivity contribution in [3.63, 3.8) is 0 Å². The summed E-state index contributed by atoms with van der Waals surface area (Å²) in [5.41, 5.74) is 0. The van der Waals surface area contributed by atoms with Crippen LogP contribution in [-0.2, 0) is 4.79 Å². The van der Waals surface area contributed by atoms with Crippen molar-refractivity contribution in [2.75, 3.05) is 33.2 Å². The van der Waals surface area contributed by atoms with Gasteiger partial charge in [0, 0.05) is 31.1 Å². The van der Waals surface area contributed by atoms with Gasteiger partial charge in [-0.05, 0) is 63.9 Å². The van der Waals surface area contributed by atoms with Gasteiger partial charge in [0.1, 0.15) is 11.9 Å². The molecule has 0 bridgehead atoms. The van der Waals surface area contributed by atoms with Crippen LogP contribution in [0, 0.1) is 17.8 Å². The summed E-state index contributed by atoms with van der Waals surface area (Å²) in [6.07, 6.45) is 8.07. The summed E-state index contributed by atoms with van der Waals surface area (Å²) in [5, 5.41) is 0. The molecule has 0 spiro atoms. The quantitative estimate of drug-likeness (QED) is 0.851. The lowest BCUT2D eigenvalue weighted by Crippen LogP contribution is -2.41. The van der Waals surface area contributed by atoms with E-state index in [-0.39, 0.29) is 12.0 Å². The van der Waals surface area contributed by atoms with Crippen LogP contribution in [-0.4, -0.2) is 60.0 Å². The van der Waals surface area contributed by atoms with Crippen LogP contribution in [0.2, 0.25) is 0 Å². The molecule has 2 saturated heterocycles. The Bertz CT molecular complexity index is 571. The minimum absolute atomic E-state index is 0.231. The van der Waals surface area contributed by atoms with Gasteiger partial charge in [-0.15, -0.1) is 0 Å². The van der Waals surface area contributed by atoms with Crippen molar-refractivity contribution in [3.8, 4) is 5.75 Å². The summed E-state index contributed by atoms with van der Waals surface area (Å²) in [6, 6.07) is 3.88. The van der Waals surface area contributed by atoms with Crippen molar-refractivity contribution in [2.45, 2.75) is 31.8 Å². The van der Waals surface area contributed by atoms with E-state index in [4.69, 9.17) is 4.74 Å². The molecule has 1 amide bonds. The Labute approximate surface area is 144 Å². The van der Waals surface area contributed by atoms with E-state index in [0.29, 0.717) is 17.7 Å². The van der Waals surface area contributed by atoms with Gasteiger partial charge < -0.3 is 14.5 Å². The standard InChI is InChI=1S/C19H27N3O2/c1-21-9-6-14(7-10-21)19(23)22-12-15-4-5-18(17(15)13-22)24-16-3-2-8-20-11-16/h2-3,8,11,14-15,17-18H,4-7,9-10,12-13H2,1H3/t15-,17+,18-/m1/s1. The van der Waals surface area contributed by atoms with E-state index in [1.54, 1.807) is 12.4 Å². The number of nitrogens with zero attached hydrogens (tertiary/aromatic N) is 3. The van der Waals surface area contributed by atoms with Crippen LogP contribution in [0.5, 0.6) is 5.75 Å². The summed E-state index contributed by atoms with van der Waals surface area (Å²) in [5.74, 6) is 2.57. The van der Waals surface area contributed by atoms with Crippen molar-refractivity contribution >= 4 is 5.91 Å². The number of fused-ring (bicyclic) bond motifs is 1. The maximum absolute atomic E-state index is 12.9. The monoisotopic (exact) mass is 329 g/mol. The lowest BCUT2D eigenvalue weighted by atomic mass is 9.95. The molecule has 4 rings (SSSR count). The molecule has 5 heteroatoms. The number of hydrogen-bond donors (Lipinski definition) is 0. The third-order valence-corrected chi connectivity index (χ3v) is 6.09. The summed E-state index contributed by atoms with van der Waals surface area (Å²) >= 11 is 0. The Morgan fingerprint density at radius 3 is 2.79 bits per heavy atom. The minimum Gasteiger partial charge on any atom is -0.488 e. The predicted molar refractivity (Wildman–Crippen MR) is 91.7 cm³/mol. The number of aromatic nitrogens is 1. The molecule has 130 valence electrons. The number of piperidine rings is 1. The van der Waals surface area contributed by atoms with Crippen molar-refractivity contribution in [2.24, 2.45) is 17.8 Å². The van der Waals surface area contributed by atoms with E-state index in [1.807, 2.05) is 12.1 Å². The molecule has 5 nitrogen and oxygen atoms in total. The zero-order valence-corrected chi connectivity index (χ0v) is 14.4. The maximum atomic E-state index is 12.9. The van der Waals surface area contributed by atoms with Gasteiger partial charge in [-0.25, -0.2) is 0 Å². The Morgan fingerprint density at radius 1 is 1.21 bits per heavy atom. The summed E-state index contributed by atoms with van der Waals surface area (Å²) < 4.78 is 6.17. The number of pyridine rings is 1. The largest absolute Gasteiger partial charge is 0.488 e. The molecule has 0 unspecified atom stereocenters. The van der Waals surface area contributed by atoms with Crippen molar-refractivity contribution in [1.29, 1.82) is 0 Å². The average molecular weight is 329 g/mol. The third-order valence-electron chi connectivity index (χ3n) is 6.09. The van der Waals surface area contributed by atoms with Crippen LogP contribution in [0.1, 0.15) is 25.7 Å². The number of amides is 1. The third kappa shape index (κ3) is 3.14. The van der Waals surface area contributed by atoms with Gasteiger partial charge in [0.05, 0.1) is 6.20 Å². The molecule has 3 aliphatic rings. The predicted octanol–water partition coefficient (Wildman–Crippen LogP) is 2.04. The van der Waals surface area contributed by atoms with E-state index in [0.717, 1.165) is 51.2 Å². The molecule has 3 atom stereocenters. The van der Waals surface area contributed by atoms with E-state index in [9.17, 15) is 4.79 Å². The lowest BCUT2D eigenvalue weighted by molar-refractivity contribution is -0.136. The minimum atomic E-state index is 0.231. The highest BCUT2D eigenvalue weighted by Gasteiger charge is 2.46. The molecule has 24 heavy (non-hydrogen) atoms. The van der Waals surface area contributed by atoms with Gasteiger partial charge in [0.2, 0.25) is 5.91 Å². The van der Waals surface area contributed by atoms with Crippen LogP contribution >= 0.6 is 0 Å².